The van der Waals surface area contributed by atoms with Gasteiger partial charge in [-0.2, -0.15) is 0 Å². The topological polar surface area (TPSA) is 29.1 Å². The first-order valence-corrected chi connectivity index (χ1v) is 7.44. The summed E-state index contributed by atoms with van der Waals surface area (Å²) in [7, 11) is 0. The highest BCUT2D eigenvalue weighted by Gasteiger charge is 2.20. The molecule has 3 aromatic rings. The average molecular weight is 309 g/mol. The van der Waals surface area contributed by atoms with Gasteiger partial charge in [0.15, 0.2) is 0 Å². The lowest BCUT2D eigenvalue weighted by molar-refractivity contribution is 0.101. The van der Waals surface area contributed by atoms with Crippen molar-refractivity contribution in [2.75, 3.05) is 5.32 Å². The van der Waals surface area contributed by atoms with Gasteiger partial charge in [0.05, 0.1) is 0 Å². The normalized spacial score (nSPS) is 12.6. The summed E-state index contributed by atoms with van der Waals surface area (Å²) in [6, 6.07) is 13.1. The van der Waals surface area contributed by atoms with Crippen LogP contribution in [0.25, 0.3) is 10.8 Å². The van der Waals surface area contributed by atoms with Crippen molar-refractivity contribution in [3.8, 4) is 0 Å². The van der Waals surface area contributed by atoms with Crippen LogP contribution in [-0.4, -0.2) is 5.91 Å². The molecule has 0 heterocycles. The average Bonchev–Trinajstić information content (AvgIpc) is 2.95. The molecule has 1 amide bonds. The third kappa shape index (κ3) is 2.18. The molecule has 0 aromatic heterocycles. The number of carbonyl (C=O) groups excluding carboxylic acids is 1. The highest BCUT2D eigenvalue weighted by atomic mass is 19.1. The van der Waals surface area contributed by atoms with E-state index in [1.165, 1.54) is 17.2 Å². The molecule has 0 bridgehead atoms. The van der Waals surface area contributed by atoms with E-state index in [0.29, 0.717) is 5.69 Å². The van der Waals surface area contributed by atoms with E-state index in [0.717, 1.165) is 35.7 Å². The first-order chi connectivity index (χ1) is 11.1. The van der Waals surface area contributed by atoms with Crippen LogP contribution in [0.4, 0.5) is 14.5 Å². The second kappa shape index (κ2) is 5.16. The van der Waals surface area contributed by atoms with Gasteiger partial charge in [0, 0.05) is 11.1 Å². The van der Waals surface area contributed by atoms with Crippen LogP contribution < -0.4 is 5.32 Å². The Labute approximate surface area is 131 Å². The summed E-state index contributed by atoms with van der Waals surface area (Å²) < 4.78 is 27.5. The summed E-state index contributed by atoms with van der Waals surface area (Å²) in [4.78, 5) is 12.3. The van der Waals surface area contributed by atoms with Crippen molar-refractivity contribution in [1.29, 1.82) is 0 Å². The number of rotatable bonds is 2. The number of amides is 1. The number of anilines is 1. The zero-order valence-corrected chi connectivity index (χ0v) is 12.2. The Balaban J connectivity index is 1.79. The van der Waals surface area contributed by atoms with E-state index in [4.69, 9.17) is 0 Å². The van der Waals surface area contributed by atoms with Gasteiger partial charge < -0.3 is 5.32 Å². The Kier molecular flexibility index (Phi) is 3.11. The van der Waals surface area contributed by atoms with Crippen LogP contribution in [0.2, 0.25) is 0 Å². The molecule has 1 N–H and O–H groups in total. The van der Waals surface area contributed by atoms with Gasteiger partial charge in [-0.15, -0.1) is 0 Å². The van der Waals surface area contributed by atoms with Crippen LogP contribution in [-0.2, 0) is 12.8 Å². The Morgan fingerprint density at radius 2 is 1.52 bits per heavy atom. The minimum absolute atomic E-state index is 0.559. The molecule has 4 heteroatoms. The van der Waals surface area contributed by atoms with Gasteiger partial charge in [-0.25, -0.2) is 8.78 Å². The van der Waals surface area contributed by atoms with Crippen molar-refractivity contribution in [1.82, 2.24) is 0 Å². The summed E-state index contributed by atoms with van der Waals surface area (Å²) in [6.07, 6.45) is 1.96. The van der Waals surface area contributed by atoms with Gasteiger partial charge in [0.1, 0.15) is 17.2 Å². The molecule has 4 rings (SSSR count). The maximum atomic E-state index is 13.8. The van der Waals surface area contributed by atoms with E-state index >= 15 is 0 Å². The minimum atomic E-state index is -0.867. The van der Waals surface area contributed by atoms with Crippen molar-refractivity contribution in [3.63, 3.8) is 0 Å². The fourth-order valence-corrected chi connectivity index (χ4v) is 3.26. The minimum Gasteiger partial charge on any atom is -0.321 e. The van der Waals surface area contributed by atoms with Crippen molar-refractivity contribution in [2.24, 2.45) is 0 Å². The lowest BCUT2D eigenvalue weighted by Crippen LogP contribution is -2.16. The van der Waals surface area contributed by atoms with Gasteiger partial charge in [-0.05, 0) is 47.6 Å². The monoisotopic (exact) mass is 309 g/mol. The van der Waals surface area contributed by atoms with Crippen LogP contribution >= 0.6 is 0 Å². The molecule has 1 aliphatic carbocycles. The van der Waals surface area contributed by atoms with Crippen molar-refractivity contribution >= 4 is 22.4 Å². The van der Waals surface area contributed by atoms with Crippen molar-refractivity contribution in [2.45, 2.75) is 12.8 Å². The number of halogens is 2. The molecule has 2 nitrogen and oxygen atoms in total. The largest absolute Gasteiger partial charge is 0.321 e. The third-order valence-electron chi connectivity index (χ3n) is 4.31. The summed E-state index contributed by atoms with van der Waals surface area (Å²) in [5, 5.41) is 4.69. The lowest BCUT2D eigenvalue weighted by Gasteiger charge is -2.11. The zero-order valence-electron chi connectivity index (χ0n) is 12.2. The van der Waals surface area contributed by atoms with E-state index in [9.17, 15) is 13.6 Å². The molecule has 0 unspecified atom stereocenters. The van der Waals surface area contributed by atoms with Crippen molar-refractivity contribution < 1.29 is 13.6 Å². The van der Waals surface area contributed by atoms with Crippen LogP contribution in [0.3, 0.4) is 0 Å². The fraction of sp³-hybridized carbons (Fsp3) is 0.105. The van der Waals surface area contributed by atoms with Crippen LogP contribution in [0.1, 0.15) is 21.5 Å². The standard InChI is InChI=1S/C19H13F2NO/c20-14-5-2-6-15(21)18(14)19(23)22-16-10-9-12-8-7-11-3-1-4-13(16)17(11)12/h1-6,9-10H,7-8H2,(H,22,23). The lowest BCUT2D eigenvalue weighted by atomic mass is 10.0. The van der Waals surface area contributed by atoms with Gasteiger partial charge in [-0.1, -0.05) is 30.3 Å². The first kappa shape index (κ1) is 13.9. The predicted octanol–water partition coefficient (Wildman–Crippen LogP) is 4.47. The van der Waals surface area contributed by atoms with Crippen LogP contribution in [0, 0.1) is 11.6 Å². The summed E-state index contributed by atoms with van der Waals surface area (Å²) in [5.41, 5.74) is 2.49. The summed E-state index contributed by atoms with van der Waals surface area (Å²) in [6.45, 7) is 0. The van der Waals surface area contributed by atoms with E-state index in [-0.39, 0.29) is 0 Å². The van der Waals surface area contributed by atoms with E-state index < -0.39 is 23.1 Å². The Morgan fingerprint density at radius 3 is 2.26 bits per heavy atom. The molecular weight excluding hydrogens is 296 g/mol. The van der Waals surface area contributed by atoms with Gasteiger partial charge >= 0.3 is 0 Å². The molecule has 1 aliphatic rings. The van der Waals surface area contributed by atoms with E-state index in [1.807, 2.05) is 18.2 Å². The molecule has 0 spiro atoms. The Bertz CT molecular complexity index is 919. The highest BCUT2D eigenvalue weighted by molar-refractivity contribution is 6.10. The number of hydrogen-bond acceptors (Lipinski definition) is 1. The molecule has 0 radical (unpaired) electrons. The zero-order chi connectivity index (χ0) is 16.0. The van der Waals surface area contributed by atoms with E-state index in [1.54, 1.807) is 6.07 Å². The smallest absolute Gasteiger partial charge is 0.261 e. The molecule has 0 saturated carbocycles. The molecule has 0 saturated heterocycles. The molecule has 3 aromatic carbocycles. The molecule has 23 heavy (non-hydrogen) atoms. The molecule has 0 aliphatic heterocycles. The summed E-state index contributed by atoms with van der Waals surface area (Å²) in [5.74, 6) is -2.51. The maximum absolute atomic E-state index is 13.8. The quantitative estimate of drug-likeness (QED) is 0.743. The number of benzene rings is 3. The second-order valence-corrected chi connectivity index (χ2v) is 5.66. The summed E-state index contributed by atoms with van der Waals surface area (Å²) >= 11 is 0. The predicted molar refractivity (Wildman–Crippen MR) is 85.7 cm³/mol. The molecule has 0 fully saturated rings. The second-order valence-electron chi connectivity index (χ2n) is 5.66. The Hall–Kier alpha value is -2.75. The number of nitrogens with one attached hydrogen (secondary N) is 1. The SMILES string of the molecule is O=C(Nc1ccc2c3c(cccc13)CC2)c1c(F)cccc1F. The van der Waals surface area contributed by atoms with Crippen LogP contribution in [0.15, 0.2) is 48.5 Å². The number of carbonyl (C=O) groups is 1. The van der Waals surface area contributed by atoms with Crippen molar-refractivity contribution in [3.05, 3.63) is 76.9 Å². The van der Waals surface area contributed by atoms with E-state index in [2.05, 4.69) is 11.4 Å². The number of aryl methyl sites for hydroxylation is 2. The highest BCUT2D eigenvalue weighted by Crippen LogP contribution is 2.35. The molecule has 114 valence electrons. The molecular formula is C19H13F2NO. The van der Waals surface area contributed by atoms with Gasteiger partial charge in [-0.3, -0.25) is 4.79 Å². The Morgan fingerprint density at radius 1 is 0.870 bits per heavy atom. The maximum Gasteiger partial charge on any atom is 0.261 e. The fourth-order valence-electron chi connectivity index (χ4n) is 3.26. The third-order valence-corrected chi connectivity index (χ3v) is 4.31. The first-order valence-electron chi connectivity index (χ1n) is 7.44. The van der Waals surface area contributed by atoms with Gasteiger partial charge in [0.2, 0.25) is 0 Å². The molecule has 0 atom stereocenters. The number of hydrogen-bond donors (Lipinski definition) is 1. The van der Waals surface area contributed by atoms with Crippen LogP contribution in [0.5, 0.6) is 0 Å². The van der Waals surface area contributed by atoms with Gasteiger partial charge in [0.25, 0.3) is 5.91 Å².